The summed E-state index contributed by atoms with van der Waals surface area (Å²) in [6.45, 7) is 7.83. The van der Waals surface area contributed by atoms with Gasteiger partial charge in [-0.25, -0.2) is 4.98 Å². The Kier molecular flexibility index (Phi) is 5.69. The van der Waals surface area contributed by atoms with Crippen molar-refractivity contribution in [2.45, 2.75) is 25.9 Å². The molecule has 2 aliphatic heterocycles. The third-order valence-corrected chi connectivity index (χ3v) is 7.93. The lowest BCUT2D eigenvalue weighted by molar-refractivity contribution is 0.0948. The Balaban J connectivity index is 1.14. The van der Waals surface area contributed by atoms with E-state index in [0.29, 0.717) is 5.39 Å². The summed E-state index contributed by atoms with van der Waals surface area (Å²) in [7, 11) is 0. The zero-order valence-electron chi connectivity index (χ0n) is 19.3. The smallest absolute Gasteiger partial charge is 0.260 e. The summed E-state index contributed by atoms with van der Waals surface area (Å²) < 4.78 is 5.63. The summed E-state index contributed by atoms with van der Waals surface area (Å²) in [5, 5.41) is 2.73. The average molecular weight is 473 g/mol. The van der Waals surface area contributed by atoms with Gasteiger partial charge in [-0.15, -0.1) is 11.3 Å². The second-order valence-corrected chi connectivity index (χ2v) is 10.0. The SMILES string of the molecule is C[C@H](c1nc2scc(-c3ccccc3)c2c(=O)[nH]1)N1CCN(Cc2ccc3c(c2)CCO3)CC1. The van der Waals surface area contributed by atoms with Gasteiger partial charge in [0.15, 0.2) is 0 Å². The Morgan fingerprint density at radius 2 is 1.94 bits per heavy atom. The third kappa shape index (κ3) is 4.04. The Morgan fingerprint density at radius 1 is 1.12 bits per heavy atom. The summed E-state index contributed by atoms with van der Waals surface area (Å²) in [6, 6.07) is 16.7. The number of aromatic amines is 1. The van der Waals surface area contributed by atoms with Crippen molar-refractivity contribution in [3.63, 3.8) is 0 Å². The quantitative estimate of drug-likeness (QED) is 0.465. The van der Waals surface area contributed by atoms with E-state index < -0.39 is 0 Å². The maximum Gasteiger partial charge on any atom is 0.260 e. The molecule has 0 aliphatic carbocycles. The molecule has 0 amide bonds. The minimum Gasteiger partial charge on any atom is -0.493 e. The van der Waals surface area contributed by atoms with Crippen molar-refractivity contribution in [2.24, 2.45) is 0 Å². The highest BCUT2D eigenvalue weighted by Gasteiger charge is 2.25. The molecule has 0 unspecified atom stereocenters. The van der Waals surface area contributed by atoms with Crippen LogP contribution in [-0.4, -0.2) is 52.6 Å². The molecule has 6 nitrogen and oxygen atoms in total. The average Bonchev–Trinajstić information content (AvgIpc) is 3.52. The van der Waals surface area contributed by atoms with Gasteiger partial charge < -0.3 is 9.72 Å². The van der Waals surface area contributed by atoms with Crippen LogP contribution in [0.25, 0.3) is 21.3 Å². The van der Waals surface area contributed by atoms with E-state index in [-0.39, 0.29) is 11.6 Å². The van der Waals surface area contributed by atoms with Crippen LogP contribution in [0, 0.1) is 0 Å². The third-order valence-electron chi connectivity index (χ3n) is 7.06. The highest BCUT2D eigenvalue weighted by Crippen LogP contribution is 2.31. The number of piperazine rings is 1. The summed E-state index contributed by atoms with van der Waals surface area (Å²) in [4.78, 5) is 26.8. The molecular formula is C27H28N4O2S. The van der Waals surface area contributed by atoms with Gasteiger partial charge in [-0.2, -0.15) is 0 Å². The maximum absolute atomic E-state index is 13.1. The lowest BCUT2D eigenvalue weighted by atomic mass is 10.1. The van der Waals surface area contributed by atoms with Crippen LogP contribution >= 0.6 is 11.3 Å². The number of ether oxygens (including phenoxy) is 1. The number of rotatable bonds is 5. The number of hydrogen-bond acceptors (Lipinski definition) is 6. The van der Waals surface area contributed by atoms with Crippen molar-refractivity contribution >= 4 is 21.6 Å². The molecule has 0 spiro atoms. The lowest BCUT2D eigenvalue weighted by Gasteiger charge is -2.37. The summed E-state index contributed by atoms with van der Waals surface area (Å²) in [5.41, 5.74) is 4.65. The van der Waals surface area contributed by atoms with Gasteiger partial charge in [-0.3, -0.25) is 14.6 Å². The monoisotopic (exact) mass is 472 g/mol. The van der Waals surface area contributed by atoms with Crippen LogP contribution in [0.2, 0.25) is 0 Å². The highest BCUT2D eigenvalue weighted by atomic mass is 32.1. The number of H-pyrrole nitrogens is 1. The topological polar surface area (TPSA) is 61.5 Å². The molecule has 1 N–H and O–H groups in total. The summed E-state index contributed by atoms with van der Waals surface area (Å²) >= 11 is 1.54. The van der Waals surface area contributed by atoms with Crippen molar-refractivity contribution in [2.75, 3.05) is 32.8 Å². The van der Waals surface area contributed by atoms with E-state index in [1.54, 1.807) is 11.3 Å². The van der Waals surface area contributed by atoms with Gasteiger partial charge in [0, 0.05) is 50.1 Å². The van der Waals surface area contributed by atoms with Gasteiger partial charge in [0.05, 0.1) is 18.0 Å². The summed E-state index contributed by atoms with van der Waals surface area (Å²) in [5.74, 6) is 1.80. The second-order valence-electron chi connectivity index (χ2n) is 9.18. The first-order chi connectivity index (χ1) is 16.7. The molecule has 2 aromatic heterocycles. The first-order valence-corrected chi connectivity index (χ1v) is 12.8. The van der Waals surface area contributed by atoms with Crippen LogP contribution in [0.4, 0.5) is 0 Å². The van der Waals surface area contributed by atoms with Crippen molar-refractivity contribution in [1.82, 2.24) is 19.8 Å². The predicted octanol–water partition coefficient (Wildman–Crippen LogP) is 4.47. The molecule has 7 heteroatoms. The fourth-order valence-electron chi connectivity index (χ4n) is 5.07. The number of nitrogens with zero attached hydrogens (tertiary/aromatic N) is 3. The van der Waals surface area contributed by atoms with Crippen LogP contribution in [0.1, 0.15) is 29.9 Å². The van der Waals surface area contributed by atoms with Gasteiger partial charge in [-0.1, -0.05) is 42.5 Å². The van der Waals surface area contributed by atoms with E-state index in [4.69, 9.17) is 9.72 Å². The molecule has 1 fully saturated rings. The van der Waals surface area contributed by atoms with E-state index in [9.17, 15) is 4.79 Å². The zero-order valence-corrected chi connectivity index (χ0v) is 20.1. The maximum atomic E-state index is 13.1. The van der Waals surface area contributed by atoms with Gasteiger partial charge in [0.25, 0.3) is 5.56 Å². The van der Waals surface area contributed by atoms with E-state index in [1.165, 1.54) is 11.1 Å². The largest absolute Gasteiger partial charge is 0.493 e. The van der Waals surface area contributed by atoms with Gasteiger partial charge >= 0.3 is 0 Å². The van der Waals surface area contributed by atoms with Gasteiger partial charge in [0.1, 0.15) is 16.4 Å². The van der Waals surface area contributed by atoms with E-state index >= 15 is 0 Å². The molecule has 4 heterocycles. The van der Waals surface area contributed by atoms with Crippen LogP contribution in [0.15, 0.2) is 58.7 Å². The Hall–Kier alpha value is -3.00. The van der Waals surface area contributed by atoms with Crippen molar-refractivity contribution in [3.05, 3.63) is 81.2 Å². The summed E-state index contributed by atoms with van der Waals surface area (Å²) in [6.07, 6.45) is 1.01. The molecule has 174 valence electrons. The number of benzene rings is 2. The second kappa shape index (κ2) is 8.98. The fraction of sp³-hybridized carbons (Fsp3) is 0.333. The molecule has 0 radical (unpaired) electrons. The molecular weight excluding hydrogens is 444 g/mol. The van der Waals surface area contributed by atoms with Gasteiger partial charge in [-0.05, 0) is 29.7 Å². The number of thiophene rings is 1. The van der Waals surface area contributed by atoms with Crippen LogP contribution < -0.4 is 10.3 Å². The van der Waals surface area contributed by atoms with Crippen LogP contribution in [0.3, 0.4) is 0 Å². The predicted molar refractivity (Wildman–Crippen MR) is 137 cm³/mol. The van der Waals surface area contributed by atoms with Crippen molar-refractivity contribution < 1.29 is 4.74 Å². The minimum absolute atomic E-state index is 0.0498. The number of aromatic nitrogens is 2. The van der Waals surface area contributed by atoms with E-state index in [1.807, 2.05) is 35.7 Å². The molecule has 0 saturated carbocycles. The number of nitrogens with one attached hydrogen (secondary N) is 1. The molecule has 1 atom stereocenters. The lowest BCUT2D eigenvalue weighted by Crippen LogP contribution is -2.47. The molecule has 0 bridgehead atoms. The first kappa shape index (κ1) is 21.5. The zero-order chi connectivity index (χ0) is 23.1. The van der Waals surface area contributed by atoms with E-state index in [2.05, 4.69) is 39.9 Å². The number of fused-ring (bicyclic) bond motifs is 2. The molecule has 1 saturated heterocycles. The van der Waals surface area contributed by atoms with Crippen LogP contribution in [0.5, 0.6) is 5.75 Å². The Morgan fingerprint density at radius 3 is 2.76 bits per heavy atom. The van der Waals surface area contributed by atoms with E-state index in [0.717, 1.165) is 73.3 Å². The first-order valence-electron chi connectivity index (χ1n) is 11.9. The van der Waals surface area contributed by atoms with Crippen LogP contribution in [-0.2, 0) is 13.0 Å². The fourth-order valence-corrected chi connectivity index (χ4v) is 6.03. The van der Waals surface area contributed by atoms with Crippen molar-refractivity contribution in [3.8, 4) is 16.9 Å². The minimum atomic E-state index is -0.0498. The molecule has 34 heavy (non-hydrogen) atoms. The van der Waals surface area contributed by atoms with Gasteiger partial charge in [0.2, 0.25) is 0 Å². The molecule has 6 rings (SSSR count). The Labute approximate surface area is 202 Å². The Bertz CT molecular complexity index is 1370. The number of hydrogen-bond donors (Lipinski definition) is 1. The molecule has 4 aromatic rings. The standard InChI is InChI=1S/C27H28N4O2S/c1-18(25-28-26(32)24-22(17-34-27(24)29-25)20-5-3-2-4-6-20)31-12-10-30(11-13-31)16-19-7-8-23-21(15-19)9-14-33-23/h2-8,15,17-18H,9-14,16H2,1H3,(H,28,29,32)/t18-/m1/s1. The molecule has 2 aliphatic rings. The molecule has 2 aromatic carbocycles. The normalized spacial score (nSPS) is 17.6. The highest BCUT2D eigenvalue weighted by molar-refractivity contribution is 7.17. The van der Waals surface area contributed by atoms with Crippen molar-refractivity contribution in [1.29, 1.82) is 0 Å².